The standard InChI is InChI=1S/C15H18N2O4/c1-4-20-12-6-5-11(7-10(12)2)9-16-15(18)13-8-14(19-3)17-21-13/h5-8H,4,9H2,1-3H3,(H,16,18). The third kappa shape index (κ3) is 3.75. The van der Waals surface area contributed by atoms with Crippen molar-refractivity contribution in [3.8, 4) is 11.6 Å². The summed E-state index contributed by atoms with van der Waals surface area (Å²) in [7, 11) is 1.46. The summed E-state index contributed by atoms with van der Waals surface area (Å²) in [6, 6.07) is 7.24. The second-order valence-corrected chi connectivity index (χ2v) is 4.45. The van der Waals surface area contributed by atoms with Crippen molar-refractivity contribution in [1.82, 2.24) is 10.5 Å². The molecule has 2 rings (SSSR count). The first-order chi connectivity index (χ1) is 10.1. The highest BCUT2D eigenvalue weighted by Gasteiger charge is 2.13. The topological polar surface area (TPSA) is 73.6 Å². The van der Waals surface area contributed by atoms with Crippen LogP contribution in [0.25, 0.3) is 0 Å². The highest BCUT2D eigenvalue weighted by atomic mass is 16.5. The van der Waals surface area contributed by atoms with Gasteiger partial charge in [-0.15, -0.1) is 0 Å². The van der Waals surface area contributed by atoms with Crippen LogP contribution in [0.2, 0.25) is 0 Å². The van der Waals surface area contributed by atoms with Gasteiger partial charge in [0.1, 0.15) is 5.75 Å². The third-order valence-electron chi connectivity index (χ3n) is 2.91. The molecule has 0 spiro atoms. The van der Waals surface area contributed by atoms with E-state index in [1.165, 1.54) is 13.2 Å². The number of hydrogen-bond acceptors (Lipinski definition) is 5. The van der Waals surface area contributed by atoms with Crippen molar-refractivity contribution in [2.75, 3.05) is 13.7 Å². The highest BCUT2D eigenvalue weighted by molar-refractivity contribution is 5.91. The average molecular weight is 290 g/mol. The molecule has 1 aromatic carbocycles. The first-order valence-corrected chi connectivity index (χ1v) is 6.65. The Morgan fingerprint density at radius 2 is 2.19 bits per heavy atom. The molecule has 0 aliphatic heterocycles. The normalized spacial score (nSPS) is 10.2. The smallest absolute Gasteiger partial charge is 0.290 e. The van der Waals surface area contributed by atoms with Crippen LogP contribution in [0.3, 0.4) is 0 Å². The zero-order chi connectivity index (χ0) is 15.2. The molecule has 21 heavy (non-hydrogen) atoms. The molecule has 1 aromatic heterocycles. The van der Waals surface area contributed by atoms with Gasteiger partial charge in [-0.05, 0) is 36.2 Å². The first-order valence-electron chi connectivity index (χ1n) is 6.65. The van der Waals surface area contributed by atoms with E-state index in [0.717, 1.165) is 16.9 Å². The minimum absolute atomic E-state index is 0.120. The van der Waals surface area contributed by atoms with Crippen molar-refractivity contribution in [3.63, 3.8) is 0 Å². The van der Waals surface area contributed by atoms with Crippen molar-refractivity contribution in [3.05, 3.63) is 41.2 Å². The summed E-state index contributed by atoms with van der Waals surface area (Å²) in [6.45, 7) is 4.94. The number of aryl methyl sites for hydroxylation is 1. The van der Waals surface area contributed by atoms with Crippen LogP contribution in [0, 0.1) is 6.92 Å². The molecule has 1 heterocycles. The van der Waals surface area contributed by atoms with Gasteiger partial charge in [0.2, 0.25) is 5.76 Å². The molecule has 0 bridgehead atoms. The van der Waals surface area contributed by atoms with Gasteiger partial charge in [-0.3, -0.25) is 4.79 Å². The molecular formula is C15H18N2O4. The summed E-state index contributed by atoms with van der Waals surface area (Å²) in [4.78, 5) is 11.9. The van der Waals surface area contributed by atoms with E-state index in [9.17, 15) is 4.79 Å². The summed E-state index contributed by atoms with van der Waals surface area (Å²) in [6.07, 6.45) is 0. The molecule has 0 unspecified atom stereocenters. The molecule has 0 atom stereocenters. The largest absolute Gasteiger partial charge is 0.494 e. The number of carbonyl (C=O) groups is 1. The van der Waals surface area contributed by atoms with Gasteiger partial charge in [-0.1, -0.05) is 12.1 Å². The molecule has 2 aromatic rings. The van der Waals surface area contributed by atoms with Crippen molar-refractivity contribution in [2.24, 2.45) is 0 Å². The Bertz CT molecular complexity index is 622. The lowest BCUT2D eigenvalue weighted by atomic mass is 10.1. The Morgan fingerprint density at radius 1 is 1.38 bits per heavy atom. The third-order valence-corrected chi connectivity index (χ3v) is 2.91. The molecule has 0 aliphatic carbocycles. The van der Waals surface area contributed by atoms with Gasteiger partial charge in [0.05, 0.1) is 19.8 Å². The molecular weight excluding hydrogens is 272 g/mol. The zero-order valence-corrected chi connectivity index (χ0v) is 12.3. The number of nitrogens with zero attached hydrogens (tertiary/aromatic N) is 1. The van der Waals surface area contributed by atoms with E-state index in [-0.39, 0.29) is 17.5 Å². The van der Waals surface area contributed by atoms with Crippen LogP contribution in [-0.4, -0.2) is 24.8 Å². The number of aromatic nitrogens is 1. The van der Waals surface area contributed by atoms with Crippen molar-refractivity contribution in [2.45, 2.75) is 20.4 Å². The van der Waals surface area contributed by atoms with Crippen LogP contribution >= 0.6 is 0 Å². The number of amides is 1. The van der Waals surface area contributed by atoms with E-state index in [1.807, 2.05) is 32.0 Å². The molecule has 6 nitrogen and oxygen atoms in total. The number of ether oxygens (including phenoxy) is 2. The van der Waals surface area contributed by atoms with Crippen LogP contribution in [0.1, 0.15) is 28.6 Å². The van der Waals surface area contributed by atoms with Gasteiger partial charge in [-0.25, -0.2) is 0 Å². The lowest BCUT2D eigenvalue weighted by Crippen LogP contribution is -2.22. The average Bonchev–Trinajstić information content (AvgIpc) is 2.96. The van der Waals surface area contributed by atoms with E-state index in [4.69, 9.17) is 14.0 Å². The molecule has 0 fully saturated rings. The SMILES string of the molecule is CCOc1ccc(CNC(=O)c2cc(OC)no2)cc1C. The molecule has 1 N–H and O–H groups in total. The fraction of sp³-hybridized carbons (Fsp3) is 0.333. The Kier molecular flexibility index (Phi) is 4.81. The number of carbonyl (C=O) groups excluding carboxylic acids is 1. The number of benzene rings is 1. The molecule has 6 heteroatoms. The first kappa shape index (κ1) is 14.9. The maximum atomic E-state index is 11.9. The van der Waals surface area contributed by atoms with Crippen molar-refractivity contribution in [1.29, 1.82) is 0 Å². The van der Waals surface area contributed by atoms with Crippen LogP contribution in [0.5, 0.6) is 11.6 Å². The maximum absolute atomic E-state index is 11.9. The second-order valence-electron chi connectivity index (χ2n) is 4.45. The lowest BCUT2D eigenvalue weighted by Gasteiger charge is -2.09. The van der Waals surface area contributed by atoms with Crippen LogP contribution in [0.15, 0.2) is 28.8 Å². The number of nitrogens with one attached hydrogen (secondary N) is 1. The van der Waals surface area contributed by atoms with Crippen LogP contribution < -0.4 is 14.8 Å². The van der Waals surface area contributed by atoms with E-state index in [2.05, 4.69) is 10.5 Å². The number of rotatable bonds is 6. The van der Waals surface area contributed by atoms with Crippen molar-refractivity contribution < 1.29 is 18.8 Å². The summed E-state index contributed by atoms with van der Waals surface area (Å²) in [5.41, 5.74) is 2.01. The Balaban J connectivity index is 1.96. The zero-order valence-electron chi connectivity index (χ0n) is 12.3. The molecule has 0 saturated heterocycles. The highest BCUT2D eigenvalue weighted by Crippen LogP contribution is 2.19. The second kappa shape index (κ2) is 6.78. The fourth-order valence-corrected chi connectivity index (χ4v) is 1.87. The van der Waals surface area contributed by atoms with Gasteiger partial charge in [-0.2, -0.15) is 0 Å². The van der Waals surface area contributed by atoms with Gasteiger partial charge in [0, 0.05) is 6.54 Å². The predicted octanol–water partition coefficient (Wildman–Crippen LogP) is 2.32. The lowest BCUT2D eigenvalue weighted by molar-refractivity contribution is 0.0913. The minimum Gasteiger partial charge on any atom is -0.494 e. The Morgan fingerprint density at radius 3 is 2.81 bits per heavy atom. The van der Waals surface area contributed by atoms with Crippen LogP contribution in [0.4, 0.5) is 0 Å². The van der Waals surface area contributed by atoms with E-state index < -0.39 is 0 Å². The molecule has 0 radical (unpaired) electrons. The minimum atomic E-state index is -0.336. The molecule has 112 valence electrons. The predicted molar refractivity (Wildman–Crippen MR) is 76.6 cm³/mol. The maximum Gasteiger partial charge on any atom is 0.290 e. The quantitative estimate of drug-likeness (QED) is 0.883. The van der Waals surface area contributed by atoms with E-state index in [0.29, 0.717) is 13.2 Å². The van der Waals surface area contributed by atoms with Gasteiger partial charge in [0.25, 0.3) is 11.8 Å². The van der Waals surface area contributed by atoms with E-state index in [1.54, 1.807) is 0 Å². The van der Waals surface area contributed by atoms with Gasteiger partial charge in [0.15, 0.2) is 0 Å². The number of hydrogen-bond donors (Lipinski definition) is 1. The molecule has 0 aliphatic rings. The summed E-state index contributed by atoms with van der Waals surface area (Å²) in [5.74, 6) is 0.913. The summed E-state index contributed by atoms with van der Waals surface area (Å²) in [5, 5.41) is 6.34. The van der Waals surface area contributed by atoms with Crippen molar-refractivity contribution >= 4 is 5.91 Å². The van der Waals surface area contributed by atoms with Gasteiger partial charge >= 0.3 is 0 Å². The van der Waals surface area contributed by atoms with E-state index >= 15 is 0 Å². The number of methoxy groups -OCH3 is 1. The Hall–Kier alpha value is -2.50. The van der Waals surface area contributed by atoms with Gasteiger partial charge < -0.3 is 19.3 Å². The summed E-state index contributed by atoms with van der Waals surface area (Å²) < 4.78 is 15.2. The van der Waals surface area contributed by atoms with Crippen LogP contribution in [-0.2, 0) is 6.54 Å². The molecule has 1 amide bonds. The monoisotopic (exact) mass is 290 g/mol. The summed E-state index contributed by atoms with van der Waals surface area (Å²) >= 11 is 0. The Labute approximate surface area is 123 Å². The molecule has 0 saturated carbocycles. The fourth-order valence-electron chi connectivity index (χ4n) is 1.87.